The van der Waals surface area contributed by atoms with Gasteiger partial charge in [0.25, 0.3) is 0 Å². The quantitative estimate of drug-likeness (QED) is 0.889. The summed E-state index contributed by atoms with van der Waals surface area (Å²) in [6, 6.07) is 2.10. The molecule has 0 amide bonds. The third-order valence-electron chi connectivity index (χ3n) is 4.83. The number of rotatable bonds is 5. The molecule has 4 heteroatoms. The standard InChI is InChI=1S/C15H28N4/c1-4-15(3,18-11-7-6-8-12-18)14(16)13-9-10-17-19(13)5-2/h9-10,14H,4-8,11-12,16H2,1-3H3. The molecule has 108 valence electrons. The number of hydrogen-bond acceptors (Lipinski definition) is 3. The summed E-state index contributed by atoms with van der Waals surface area (Å²) in [4.78, 5) is 2.59. The molecule has 1 aromatic heterocycles. The normalized spacial score (nSPS) is 22.1. The lowest BCUT2D eigenvalue weighted by Gasteiger charge is -2.46. The number of hydrogen-bond donors (Lipinski definition) is 1. The van der Waals surface area contributed by atoms with Gasteiger partial charge in [-0.2, -0.15) is 5.10 Å². The van der Waals surface area contributed by atoms with Crippen LogP contribution in [0.4, 0.5) is 0 Å². The minimum Gasteiger partial charge on any atom is -0.321 e. The molecule has 0 radical (unpaired) electrons. The maximum Gasteiger partial charge on any atom is 0.0651 e. The van der Waals surface area contributed by atoms with Crippen molar-refractivity contribution in [2.24, 2.45) is 5.73 Å². The number of piperidine rings is 1. The van der Waals surface area contributed by atoms with Crippen LogP contribution in [0, 0.1) is 0 Å². The maximum atomic E-state index is 6.63. The molecule has 2 rings (SSSR count). The first-order valence-electron chi connectivity index (χ1n) is 7.65. The van der Waals surface area contributed by atoms with Gasteiger partial charge in [-0.25, -0.2) is 0 Å². The van der Waals surface area contributed by atoms with E-state index in [0.29, 0.717) is 0 Å². The molecule has 1 aromatic rings. The van der Waals surface area contributed by atoms with E-state index in [1.54, 1.807) is 0 Å². The second kappa shape index (κ2) is 6.06. The summed E-state index contributed by atoms with van der Waals surface area (Å²) in [7, 11) is 0. The van der Waals surface area contributed by atoms with Gasteiger partial charge in [0.2, 0.25) is 0 Å². The zero-order chi connectivity index (χ0) is 13.9. The predicted molar refractivity (Wildman–Crippen MR) is 78.9 cm³/mol. The minimum absolute atomic E-state index is 0.0260. The van der Waals surface area contributed by atoms with Gasteiger partial charge in [-0.1, -0.05) is 13.3 Å². The van der Waals surface area contributed by atoms with Crippen LogP contribution in [-0.2, 0) is 6.54 Å². The Labute approximate surface area is 117 Å². The lowest BCUT2D eigenvalue weighted by Crippen LogP contribution is -2.55. The van der Waals surface area contributed by atoms with Crippen LogP contribution in [0.15, 0.2) is 12.3 Å². The topological polar surface area (TPSA) is 47.1 Å². The summed E-state index contributed by atoms with van der Waals surface area (Å²) >= 11 is 0. The van der Waals surface area contributed by atoms with Crippen LogP contribution < -0.4 is 5.73 Å². The van der Waals surface area contributed by atoms with Crippen molar-refractivity contribution in [3.8, 4) is 0 Å². The third-order valence-corrected chi connectivity index (χ3v) is 4.83. The van der Waals surface area contributed by atoms with Crippen molar-refractivity contribution in [3.63, 3.8) is 0 Å². The van der Waals surface area contributed by atoms with E-state index in [2.05, 4.69) is 36.8 Å². The summed E-state index contributed by atoms with van der Waals surface area (Å²) in [6.45, 7) is 9.93. The van der Waals surface area contributed by atoms with Gasteiger partial charge in [0.05, 0.1) is 11.7 Å². The predicted octanol–water partition coefficient (Wildman–Crippen LogP) is 2.56. The Balaban J connectivity index is 2.24. The van der Waals surface area contributed by atoms with E-state index in [9.17, 15) is 0 Å². The highest BCUT2D eigenvalue weighted by molar-refractivity contribution is 5.14. The van der Waals surface area contributed by atoms with E-state index in [4.69, 9.17) is 5.73 Å². The average Bonchev–Trinajstić information content (AvgIpc) is 2.94. The molecule has 1 aliphatic heterocycles. The van der Waals surface area contributed by atoms with Gasteiger partial charge in [-0.05, 0) is 52.3 Å². The van der Waals surface area contributed by atoms with Crippen molar-refractivity contribution in [1.82, 2.24) is 14.7 Å². The molecule has 2 heterocycles. The number of aromatic nitrogens is 2. The SMILES string of the molecule is CCn1nccc1C(N)C(C)(CC)N1CCCCC1. The van der Waals surface area contributed by atoms with E-state index in [-0.39, 0.29) is 11.6 Å². The molecule has 4 nitrogen and oxygen atoms in total. The van der Waals surface area contributed by atoms with Crippen LogP contribution in [0.2, 0.25) is 0 Å². The van der Waals surface area contributed by atoms with Crippen LogP contribution in [-0.4, -0.2) is 33.3 Å². The van der Waals surface area contributed by atoms with E-state index >= 15 is 0 Å². The van der Waals surface area contributed by atoms with Gasteiger partial charge < -0.3 is 5.73 Å². The smallest absolute Gasteiger partial charge is 0.0651 e. The Hall–Kier alpha value is -0.870. The Morgan fingerprint density at radius 3 is 2.58 bits per heavy atom. The highest BCUT2D eigenvalue weighted by Crippen LogP contribution is 2.34. The van der Waals surface area contributed by atoms with Gasteiger partial charge in [-0.3, -0.25) is 9.58 Å². The van der Waals surface area contributed by atoms with Crippen molar-refractivity contribution in [2.45, 2.75) is 64.6 Å². The van der Waals surface area contributed by atoms with E-state index in [1.807, 2.05) is 10.9 Å². The Bertz CT molecular complexity index is 395. The molecule has 1 fully saturated rings. The van der Waals surface area contributed by atoms with Crippen molar-refractivity contribution in [1.29, 1.82) is 0 Å². The highest BCUT2D eigenvalue weighted by Gasteiger charge is 2.38. The lowest BCUT2D eigenvalue weighted by molar-refractivity contribution is 0.0518. The molecule has 2 N–H and O–H groups in total. The number of nitrogens with zero attached hydrogens (tertiary/aromatic N) is 3. The Kier molecular flexibility index (Phi) is 4.63. The van der Waals surface area contributed by atoms with Gasteiger partial charge in [0.15, 0.2) is 0 Å². The zero-order valence-corrected chi connectivity index (χ0v) is 12.6. The highest BCUT2D eigenvalue weighted by atomic mass is 15.3. The number of likely N-dealkylation sites (tertiary alicyclic amines) is 1. The first-order valence-corrected chi connectivity index (χ1v) is 7.65. The molecule has 0 saturated carbocycles. The number of nitrogens with two attached hydrogens (primary N) is 1. The Morgan fingerprint density at radius 2 is 2.00 bits per heavy atom. The van der Waals surface area contributed by atoms with Crippen LogP contribution in [0.1, 0.15) is 58.2 Å². The van der Waals surface area contributed by atoms with Gasteiger partial charge in [0.1, 0.15) is 0 Å². The molecule has 1 aliphatic rings. The molecule has 0 bridgehead atoms. The van der Waals surface area contributed by atoms with Gasteiger partial charge in [-0.15, -0.1) is 0 Å². The second-order valence-corrected chi connectivity index (χ2v) is 5.81. The third kappa shape index (κ3) is 2.70. The second-order valence-electron chi connectivity index (χ2n) is 5.81. The summed E-state index contributed by atoms with van der Waals surface area (Å²) < 4.78 is 2.03. The molecule has 2 unspecified atom stereocenters. The minimum atomic E-state index is 0.0260. The summed E-state index contributed by atoms with van der Waals surface area (Å²) in [5.74, 6) is 0. The van der Waals surface area contributed by atoms with Crippen molar-refractivity contribution >= 4 is 0 Å². The molecule has 0 aromatic carbocycles. The first kappa shape index (κ1) is 14.5. The van der Waals surface area contributed by atoms with Gasteiger partial charge >= 0.3 is 0 Å². The molecular weight excluding hydrogens is 236 g/mol. The van der Waals surface area contributed by atoms with Crippen LogP contribution >= 0.6 is 0 Å². The Morgan fingerprint density at radius 1 is 1.32 bits per heavy atom. The summed E-state index contributed by atoms with van der Waals surface area (Å²) in [5, 5.41) is 4.37. The van der Waals surface area contributed by atoms with Gasteiger partial charge in [0, 0.05) is 18.3 Å². The fourth-order valence-electron chi connectivity index (χ4n) is 3.23. The van der Waals surface area contributed by atoms with Crippen molar-refractivity contribution in [3.05, 3.63) is 18.0 Å². The maximum absolute atomic E-state index is 6.63. The lowest BCUT2D eigenvalue weighted by atomic mass is 9.84. The van der Waals surface area contributed by atoms with E-state index in [1.165, 1.54) is 32.4 Å². The monoisotopic (exact) mass is 264 g/mol. The number of aryl methyl sites for hydroxylation is 1. The first-order chi connectivity index (χ1) is 9.13. The fraction of sp³-hybridized carbons (Fsp3) is 0.800. The van der Waals surface area contributed by atoms with Crippen LogP contribution in [0.25, 0.3) is 0 Å². The summed E-state index contributed by atoms with van der Waals surface area (Å²) in [5.41, 5.74) is 7.83. The molecule has 19 heavy (non-hydrogen) atoms. The molecular formula is C15H28N4. The molecule has 0 spiro atoms. The summed E-state index contributed by atoms with van der Waals surface area (Å²) in [6.07, 6.45) is 6.90. The average molecular weight is 264 g/mol. The largest absolute Gasteiger partial charge is 0.321 e. The fourth-order valence-corrected chi connectivity index (χ4v) is 3.23. The van der Waals surface area contributed by atoms with Crippen LogP contribution in [0.5, 0.6) is 0 Å². The zero-order valence-electron chi connectivity index (χ0n) is 12.6. The molecule has 0 aliphatic carbocycles. The van der Waals surface area contributed by atoms with E-state index < -0.39 is 0 Å². The van der Waals surface area contributed by atoms with Crippen molar-refractivity contribution < 1.29 is 0 Å². The van der Waals surface area contributed by atoms with E-state index in [0.717, 1.165) is 18.7 Å². The molecule has 1 saturated heterocycles. The van der Waals surface area contributed by atoms with Crippen LogP contribution in [0.3, 0.4) is 0 Å². The van der Waals surface area contributed by atoms with Crippen molar-refractivity contribution in [2.75, 3.05) is 13.1 Å². The molecule has 2 atom stereocenters.